The molecule has 3 rings (SSSR count). The van der Waals surface area contributed by atoms with Gasteiger partial charge in [-0.15, -0.1) is 0 Å². The van der Waals surface area contributed by atoms with Gasteiger partial charge in [0.15, 0.2) is 0 Å². The number of hydrogen-bond acceptors (Lipinski definition) is 5. The van der Waals surface area contributed by atoms with E-state index in [9.17, 15) is 4.79 Å². The molecule has 1 atom stereocenters. The Balaban J connectivity index is 1.44. The van der Waals surface area contributed by atoms with Crippen LogP contribution in [-0.4, -0.2) is 43.6 Å². The fourth-order valence-electron chi connectivity index (χ4n) is 3.13. The SMILES string of the molecule is CC(C)N(C)CCOc1ccc(N(C=O)/C=C\NC2C=CC(Oc3ccccc3)=CC2)cc1. The molecule has 1 N–H and O–H groups in total. The van der Waals surface area contributed by atoms with Gasteiger partial charge in [-0.3, -0.25) is 9.69 Å². The molecule has 0 aliphatic heterocycles. The van der Waals surface area contributed by atoms with Crippen LogP contribution in [0.25, 0.3) is 0 Å². The minimum atomic E-state index is 0.137. The third-order valence-electron chi connectivity index (χ3n) is 5.43. The van der Waals surface area contributed by atoms with Crippen LogP contribution in [-0.2, 0) is 4.79 Å². The van der Waals surface area contributed by atoms with E-state index in [1.807, 2.05) is 66.7 Å². The Morgan fingerprint density at radius 2 is 1.85 bits per heavy atom. The van der Waals surface area contributed by atoms with Crippen molar-refractivity contribution in [1.82, 2.24) is 10.2 Å². The first-order chi connectivity index (χ1) is 16.0. The fraction of sp³-hybridized carbons (Fsp3) is 0.296. The summed E-state index contributed by atoms with van der Waals surface area (Å²) in [5, 5.41) is 3.30. The van der Waals surface area contributed by atoms with Gasteiger partial charge in [-0.25, -0.2) is 0 Å². The zero-order valence-electron chi connectivity index (χ0n) is 19.6. The number of ether oxygens (including phenoxy) is 2. The summed E-state index contributed by atoms with van der Waals surface area (Å²) in [5.41, 5.74) is 0.771. The first kappa shape index (κ1) is 24.1. The van der Waals surface area contributed by atoms with Gasteiger partial charge in [0.2, 0.25) is 6.41 Å². The molecular weight excluding hydrogens is 414 g/mol. The van der Waals surface area contributed by atoms with Gasteiger partial charge in [0.25, 0.3) is 0 Å². The summed E-state index contributed by atoms with van der Waals surface area (Å²) < 4.78 is 11.6. The van der Waals surface area contributed by atoms with Gasteiger partial charge in [0, 0.05) is 36.7 Å². The molecule has 0 saturated carbocycles. The maximum Gasteiger partial charge on any atom is 0.218 e. The quantitative estimate of drug-likeness (QED) is 0.477. The number of anilines is 1. The lowest BCUT2D eigenvalue weighted by Crippen LogP contribution is -2.30. The van der Waals surface area contributed by atoms with Crippen molar-refractivity contribution < 1.29 is 14.3 Å². The van der Waals surface area contributed by atoms with E-state index in [-0.39, 0.29) is 6.04 Å². The highest BCUT2D eigenvalue weighted by Gasteiger charge is 2.09. The molecule has 1 amide bonds. The van der Waals surface area contributed by atoms with Crippen LogP contribution in [0.1, 0.15) is 20.3 Å². The minimum Gasteiger partial charge on any atom is -0.492 e. The van der Waals surface area contributed by atoms with Crippen LogP contribution in [0.5, 0.6) is 11.5 Å². The van der Waals surface area contributed by atoms with Gasteiger partial charge in [-0.2, -0.15) is 0 Å². The van der Waals surface area contributed by atoms with E-state index in [4.69, 9.17) is 9.47 Å². The Labute approximate surface area is 196 Å². The number of amides is 1. The Bertz CT molecular complexity index is 952. The molecule has 2 aromatic carbocycles. The number of carbonyl (C=O) groups is 1. The number of nitrogens with zero attached hydrogens (tertiary/aromatic N) is 2. The number of hydrogen-bond donors (Lipinski definition) is 1. The van der Waals surface area contributed by atoms with Crippen molar-refractivity contribution in [3.05, 3.63) is 91.0 Å². The third kappa shape index (κ3) is 7.84. The van der Waals surface area contributed by atoms with Crippen LogP contribution in [0, 0.1) is 0 Å². The van der Waals surface area contributed by atoms with E-state index in [0.29, 0.717) is 12.6 Å². The highest BCUT2D eigenvalue weighted by atomic mass is 16.5. The average molecular weight is 448 g/mol. The second kappa shape index (κ2) is 12.5. The number of rotatable bonds is 12. The second-order valence-corrected chi connectivity index (χ2v) is 8.13. The number of nitrogens with one attached hydrogen (secondary N) is 1. The monoisotopic (exact) mass is 447 g/mol. The molecule has 174 valence electrons. The molecule has 6 nitrogen and oxygen atoms in total. The van der Waals surface area contributed by atoms with Gasteiger partial charge in [-0.05, 0) is 75.9 Å². The number of carbonyl (C=O) groups excluding carboxylic acids is 1. The molecule has 0 saturated heterocycles. The summed E-state index contributed by atoms with van der Waals surface area (Å²) in [4.78, 5) is 15.3. The van der Waals surface area contributed by atoms with Crippen molar-refractivity contribution in [3.8, 4) is 11.5 Å². The van der Waals surface area contributed by atoms with Crippen molar-refractivity contribution in [1.29, 1.82) is 0 Å². The summed E-state index contributed by atoms with van der Waals surface area (Å²) in [6, 6.07) is 17.8. The smallest absolute Gasteiger partial charge is 0.218 e. The zero-order valence-corrected chi connectivity index (χ0v) is 19.6. The first-order valence-corrected chi connectivity index (χ1v) is 11.3. The van der Waals surface area contributed by atoms with E-state index in [0.717, 1.165) is 42.3 Å². The van der Waals surface area contributed by atoms with E-state index in [1.165, 1.54) is 4.90 Å². The van der Waals surface area contributed by atoms with Gasteiger partial charge < -0.3 is 19.7 Å². The molecule has 0 fully saturated rings. The predicted molar refractivity (Wildman–Crippen MR) is 133 cm³/mol. The molecule has 6 heteroatoms. The summed E-state index contributed by atoms with van der Waals surface area (Å²) in [7, 11) is 2.08. The largest absolute Gasteiger partial charge is 0.492 e. The molecule has 1 aliphatic carbocycles. The number of para-hydroxylation sites is 1. The van der Waals surface area contributed by atoms with Gasteiger partial charge in [0.1, 0.15) is 23.9 Å². The summed E-state index contributed by atoms with van der Waals surface area (Å²) in [5.74, 6) is 2.44. The number of benzene rings is 2. The van der Waals surface area contributed by atoms with Crippen LogP contribution >= 0.6 is 0 Å². The van der Waals surface area contributed by atoms with E-state index < -0.39 is 0 Å². The molecule has 0 radical (unpaired) electrons. The Morgan fingerprint density at radius 3 is 2.48 bits per heavy atom. The molecule has 0 aromatic heterocycles. The Morgan fingerprint density at radius 1 is 1.09 bits per heavy atom. The Hall–Kier alpha value is -3.51. The van der Waals surface area contributed by atoms with Crippen molar-refractivity contribution in [2.24, 2.45) is 0 Å². The lowest BCUT2D eigenvalue weighted by Gasteiger charge is -2.21. The zero-order chi connectivity index (χ0) is 23.5. The highest BCUT2D eigenvalue weighted by Crippen LogP contribution is 2.20. The number of likely N-dealkylation sites (N-methyl/N-ethyl adjacent to an activating group) is 1. The molecule has 0 bridgehead atoms. The minimum absolute atomic E-state index is 0.137. The number of allylic oxidation sites excluding steroid dienone is 1. The first-order valence-electron chi connectivity index (χ1n) is 11.3. The van der Waals surface area contributed by atoms with E-state index >= 15 is 0 Å². The average Bonchev–Trinajstić information content (AvgIpc) is 2.84. The standard InChI is InChI=1S/C27H33N3O3/c1-22(2)29(3)19-20-32-25-15-11-24(12-16-25)30(21-31)18-17-28-23-9-13-27(14-10-23)33-26-7-5-4-6-8-26/h4-9,11-18,21-23,28H,10,19-20H2,1-3H3/b18-17-. The van der Waals surface area contributed by atoms with Crippen LogP contribution in [0.4, 0.5) is 5.69 Å². The van der Waals surface area contributed by atoms with Crippen molar-refractivity contribution >= 4 is 12.1 Å². The summed E-state index contributed by atoms with van der Waals surface area (Å²) in [6.45, 7) is 5.80. The van der Waals surface area contributed by atoms with Crippen LogP contribution < -0.4 is 19.7 Å². The molecule has 33 heavy (non-hydrogen) atoms. The molecule has 0 heterocycles. The van der Waals surface area contributed by atoms with Crippen molar-refractivity contribution in [2.45, 2.75) is 32.4 Å². The second-order valence-electron chi connectivity index (χ2n) is 8.13. The van der Waals surface area contributed by atoms with Crippen LogP contribution in [0.15, 0.2) is 91.0 Å². The lowest BCUT2D eigenvalue weighted by molar-refractivity contribution is -0.106. The maximum absolute atomic E-state index is 11.6. The summed E-state index contributed by atoms with van der Waals surface area (Å²) in [6.07, 6.45) is 11.1. The van der Waals surface area contributed by atoms with Gasteiger partial charge in [0.05, 0.1) is 0 Å². The lowest BCUT2D eigenvalue weighted by atomic mass is 10.1. The molecule has 2 aromatic rings. The van der Waals surface area contributed by atoms with Crippen molar-refractivity contribution in [3.63, 3.8) is 0 Å². The molecule has 0 spiro atoms. The molecule has 1 aliphatic rings. The molecular formula is C27H33N3O3. The maximum atomic E-state index is 11.6. The third-order valence-corrected chi connectivity index (χ3v) is 5.43. The van der Waals surface area contributed by atoms with Gasteiger partial charge >= 0.3 is 0 Å². The summed E-state index contributed by atoms with van der Waals surface area (Å²) >= 11 is 0. The van der Waals surface area contributed by atoms with Gasteiger partial charge in [-0.1, -0.05) is 24.3 Å². The van der Waals surface area contributed by atoms with Crippen LogP contribution in [0.2, 0.25) is 0 Å². The predicted octanol–water partition coefficient (Wildman–Crippen LogP) is 4.72. The van der Waals surface area contributed by atoms with Crippen LogP contribution in [0.3, 0.4) is 0 Å². The molecule has 1 unspecified atom stereocenters. The van der Waals surface area contributed by atoms with E-state index in [1.54, 1.807) is 12.4 Å². The van der Waals surface area contributed by atoms with Crippen molar-refractivity contribution in [2.75, 3.05) is 25.1 Å². The topological polar surface area (TPSA) is 54.0 Å². The fourth-order valence-corrected chi connectivity index (χ4v) is 3.13. The van der Waals surface area contributed by atoms with E-state index in [2.05, 4.69) is 37.2 Å². The normalized spacial score (nSPS) is 15.5. The Kier molecular flexibility index (Phi) is 9.15. The highest BCUT2D eigenvalue weighted by molar-refractivity contribution is 5.77.